The van der Waals surface area contributed by atoms with Crippen molar-refractivity contribution in [3.63, 3.8) is 0 Å². The Bertz CT molecular complexity index is 1040. The van der Waals surface area contributed by atoms with Crippen molar-refractivity contribution in [2.75, 3.05) is 6.54 Å². The quantitative estimate of drug-likeness (QED) is 0.752. The highest BCUT2D eigenvalue weighted by Gasteiger charge is 2.66. The fraction of sp³-hybridized carbons (Fsp3) is 0.333. The van der Waals surface area contributed by atoms with Crippen LogP contribution in [0, 0.1) is 18.8 Å². The lowest BCUT2D eigenvalue weighted by atomic mass is 9.77. The summed E-state index contributed by atoms with van der Waals surface area (Å²) in [7, 11) is 0. The molecule has 4 atom stereocenters. The molecule has 1 N–H and O–H groups in total. The third-order valence-electron chi connectivity index (χ3n) is 6.39. The van der Waals surface area contributed by atoms with Crippen LogP contribution >= 0.6 is 11.6 Å². The number of carbonyl (C=O) groups excluding carboxylic acids is 2. The van der Waals surface area contributed by atoms with Gasteiger partial charge in [-0.15, -0.1) is 0 Å². The highest BCUT2D eigenvalue weighted by Crippen LogP contribution is 2.52. The summed E-state index contributed by atoms with van der Waals surface area (Å²) < 4.78 is 6.19. The minimum atomic E-state index is -0.713. The van der Waals surface area contributed by atoms with Crippen molar-refractivity contribution in [1.82, 2.24) is 10.2 Å². The van der Waals surface area contributed by atoms with Crippen molar-refractivity contribution >= 4 is 23.4 Å². The first-order valence-electron chi connectivity index (χ1n) is 10.2. The summed E-state index contributed by atoms with van der Waals surface area (Å²) in [5, 5.41) is 3.64. The van der Waals surface area contributed by atoms with E-state index < -0.39 is 17.4 Å². The van der Waals surface area contributed by atoms with E-state index in [1.807, 2.05) is 67.6 Å². The van der Waals surface area contributed by atoms with Gasteiger partial charge in [0.1, 0.15) is 5.60 Å². The van der Waals surface area contributed by atoms with E-state index in [0.29, 0.717) is 24.7 Å². The third-order valence-corrected chi connectivity index (χ3v) is 6.76. The molecule has 3 aliphatic rings. The Labute approximate surface area is 180 Å². The first-order chi connectivity index (χ1) is 14.5. The molecular weight excluding hydrogens is 400 g/mol. The number of halogens is 1. The maximum Gasteiger partial charge on any atom is 0.230 e. The molecule has 2 saturated heterocycles. The average Bonchev–Trinajstić information content (AvgIpc) is 3.37. The van der Waals surface area contributed by atoms with Gasteiger partial charge in [0.05, 0.1) is 24.5 Å². The van der Waals surface area contributed by atoms with E-state index in [2.05, 4.69) is 5.32 Å². The zero-order valence-corrected chi connectivity index (χ0v) is 17.4. The normalized spacial score (nSPS) is 28.8. The van der Waals surface area contributed by atoms with Crippen LogP contribution in [0.15, 0.2) is 60.7 Å². The summed E-state index contributed by atoms with van der Waals surface area (Å²) in [5.41, 5.74) is 2.38. The zero-order valence-electron chi connectivity index (χ0n) is 16.7. The van der Waals surface area contributed by atoms with E-state index in [0.717, 1.165) is 11.1 Å². The Balaban J connectivity index is 1.32. The highest BCUT2D eigenvalue weighted by atomic mass is 35.5. The second-order valence-electron chi connectivity index (χ2n) is 8.39. The maximum absolute atomic E-state index is 13.3. The number of fused-ring (bicyclic) bond motifs is 1. The molecule has 0 aromatic heterocycles. The highest BCUT2D eigenvalue weighted by molar-refractivity contribution is 6.31. The predicted octanol–water partition coefficient (Wildman–Crippen LogP) is 3.25. The summed E-state index contributed by atoms with van der Waals surface area (Å²) in [6, 6.07) is 15.6. The first-order valence-corrected chi connectivity index (χ1v) is 10.6. The second-order valence-corrected chi connectivity index (χ2v) is 8.80. The molecule has 5 nitrogen and oxygen atoms in total. The Hall–Kier alpha value is -2.63. The molecule has 0 saturated carbocycles. The van der Waals surface area contributed by atoms with Crippen molar-refractivity contribution in [1.29, 1.82) is 0 Å². The molecule has 2 amide bonds. The number of hydrogen-bond acceptors (Lipinski definition) is 3. The summed E-state index contributed by atoms with van der Waals surface area (Å²) in [6.45, 7) is 3.32. The molecular formula is C24H23ClN2O3. The minimum Gasteiger partial charge on any atom is -0.360 e. The number of nitrogens with zero attached hydrogens (tertiary/aromatic N) is 1. The van der Waals surface area contributed by atoms with E-state index in [1.165, 1.54) is 5.56 Å². The number of ether oxygens (including phenoxy) is 1. The van der Waals surface area contributed by atoms with Gasteiger partial charge in [0, 0.05) is 18.1 Å². The Morgan fingerprint density at radius 2 is 2.00 bits per heavy atom. The van der Waals surface area contributed by atoms with E-state index in [4.69, 9.17) is 16.3 Å². The van der Waals surface area contributed by atoms with Crippen molar-refractivity contribution < 1.29 is 14.3 Å². The van der Waals surface area contributed by atoms with Crippen LogP contribution in [0.4, 0.5) is 0 Å². The molecule has 2 aromatic carbocycles. The molecule has 2 bridgehead atoms. The van der Waals surface area contributed by atoms with Gasteiger partial charge in [0.2, 0.25) is 11.8 Å². The predicted molar refractivity (Wildman–Crippen MR) is 114 cm³/mol. The van der Waals surface area contributed by atoms with Crippen LogP contribution < -0.4 is 5.32 Å². The van der Waals surface area contributed by atoms with Gasteiger partial charge in [-0.1, -0.05) is 71.8 Å². The molecule has 3 heterocycles. The Morgan fingerprint density at radius 1 is 1.23 bits per heavy atom. The van der Waals surface area contributed by atoms with E-state index in [1.54, 1.807) is 4.90 Å². The first kappa shape index (κ1) is 19.3. The molecule has 154 valence electrons. The van der Waals surface area contributed by atoms with Gasteiger partial charge in [-0.25, -0.2) is 0 Å². The minimum absolute atomic E-state index is 0.0442. The molecule has 0 radical (unpaired) electrons. The largest absolute Gasteiger partial charge is 0.360 e. The number of amides is 2. The smallest absolute Gasteiger partial charge is 0.230 e. The monoisotopic (exact) mass is 422 g/mol. The van der Waals surface area contributed by atoms with Gasteiger partial charge in [-0.2, -0.15) is 0 Å². The molecule has 5 rings (SSSR count). The van der Waals surface area contributed by atoms with Gasteiger partial charge >= 0.3 is 0 Å². The SMILES string of the molecule is Cc1ccc(CNC(=O)[C@H]2[C@@H]3C=C[C@]4(CN(Cc5ccccc5Cl)C(=O)[C@H]24)O3)cc1. The van der Waals surface area contributed by atoms with Crippen molar-refractivity contribution in [3.05, 3.63) is 82.4 Å². The van der Waals surface area contributed by atoms with Crippen LogP contribution in [-0.2, 0) is 27.4 Å². The molecule has 2 fully saturated rings. The van der Waals surface area contributed by atoms with Crippen LogP contribution in [0.5, 0.6) is 0 Å². The van der Waals surface area contributed by atoms with Gasteiger partial charge in [0.25, 0.3) is 0 Å². The summed E-state index contributed by atoms with van der Waals surface area (Å²) in [4.78, 5) is 28.1. The third kappa shape index (κ3) is 3.13. The molecule has 30 heavy (non-hydrogen) atoms. The van der Waals surface area contributed by atoms with Gasteiger partial charge < -0.3 is 15.0 Å². The van der Waals surface area contributed by atoms with E-state index >= 15 is 0 Å². The lowest BCUT2D eigenvalue weighted by molar-refractivity contribution is -0.137. The Kier molecular flexibility index (Phi) is 4.68. The number of rotatable bonds is 5. The summed E-state index contributed by atoms with van der Waals surface area (Å²) >= 11 is 6.29. The number of nitrogens with one attached hydrogen (secondary N) is 1. The van der Waals surface area contributed by atoms with Gasteiger partial charge in [-0.3, -0.25) is 9.59 Å². The van der Waals surface area contributed by atoms with Crippen molar-refractivity contribution in [2.45, 2.75) is 31.7 Å². The van der Waals surface area contributed by atoms with Gasteiger partial charge in [0.15, 0.2) is 0 Å². The Morgan fingerprint density at radius 3 is 2.77 bits per heavy atom. The lowest BCUT2D eigenvalue weighted by Crippen LogP contribution is -2.43. The molecule has 3 aliphatic heterocycles. The van der Waals surface area contributed by atoms with Crippen molar-refractivity contribution in [2.24, 2.45) is 11.8 Å². The maximum atomic E-state index is 13.3. The fourth-order valence-electron chi connectivity index (χ4n) is 4.86. The van der Waals surface area contributed by atoms with Crippen LogP contribution in [0.2, 0.25) is 5.02 Å². The van der Waals surface area contributed by atoms with Gasteiger partial charge in [-0.05, 0) is 24.1 Å². The number of hydrogen-bond donors (Lipinski definition) is 1. The number of carbonyl (C=O) groups is 2. The number of likely N-dealkylation sites (tertiary alicyclic amines) is 1. The fourth-order valence-corrected chi connectivity index (χ4v) is 5.05. The molecule has 1 spiro atoms. The van der Waals surface area contributed by atoms with Crippen LogP contribution in [0.3, 0.4) is 0 Å². The van der Waals surface area contributed by atoms with Crippen LogP contribution in [-0.4, -0.2) is 35.0 Å². The van der Waals surface area contributed by atoms with E-state index in [9.17, 15) is 9.59 Å². The topological polar surface area (TPSA) is 58.6 Å². The molecule has 0 unspecified atom stereocenters. The van der Waals surface area contributed by atoms with Crippen LogP contribution in [0.25, 0.3) is 0 Å². The lowest BCUT2D eigenvalue weighted by Gasteiger charge is -2.23. The summed E-state index contributed by atoms with van der Waals surface area (Å²) in [6.07, 6.45) is 3.55. The van der Waals surface area contributed by atoms with E-state index in [-0.39, 0.29) is 17.9 Å². The molecule has 0 aliphatic carbocycles. The van der Waals surface area contributed by atoms with Crippen LogP contribution in [0.1, 0.15) is 16.7 Å². The average molecular weight is 423 g/mol. The number of aryl methyl sites for hydroxylation is 1. The zero-order chi connectivity index (χ0) is 20.9. The number of benzene rings is 2. The second kappa shape index (κ2) is 7.25. The standard InChI is InChI=1S/C24H23ClN2O3/c1-15-6-8-16(9-7-15)12-26-22(28)20-19-10-11-24(30-19)14-27(23(29)21(20)24)13-17-4-2-3-5-18(17)25/h2-11,19-21H,12-14H2,1H3,(H,26,28)/t19-,20-,21-,24+/m0/s1. The summed E-state index contributed by atoms with van der Waals surface area (Å²) in [5.74, 6) is -1.18. The van der Waals surface area contributed by atoms with Crippen molar-refractivity contribution in [3.8, 4) is 0 Å². The molecule has 2 aromatic rings. The molecule has 6 heteroatoms.